The molecule has 0 spiro atoms. The van der Waals surface area contributed by atoms with Gasteiger partial charge in [-0.15, -0.1) is 0 Å². The predicted molar refractivity (Wildman–Crippen MR) is 91.9 cm³/mol. The van der Waals surface area contributed by atoms with Gasteiger partial charge in [-0.3, -0.25) is 14.5 Å². The van der Waals surface area contributed by atoms with Gasteiger partial charge in [0.25, 0.3) is 0 Å². The minimum Gasteiger partial charge on any atom is -0.472 e. The summed E-state index contributed by atoms with van der Waals surface area (Å²) in [6, 6.07) is 3.19. The Balaban J connectivity index is 1.60. The lowest BCUT2D eigenvalue weighted by Crippen LogP contribution is -2.58. The molecule has 25 heavy (non-hydrogen) atoms. The number of ether oxygens (including phenoxy) is 1. The van der Waals surface area contributed by atoms with Gasteiger partial charge in [-0.1, -0.05) is 0 Å². The number of rotatable bonds is 3. The number of likely N-dealkylation sites (tertiary alicyclic amines) is 1. The van der Waals surface area contributed by atoms with E-state index in [4.69, 9.17) is 4.74 Å². The van der Waals surface area contributed by atoms with Crippen molar-refractivity contribution in [3.8, 4) is 5.88 Å². The molecule has 0 aromatic carbocycles. The molecule has 2 saturated heterocycles. The zero-order chi connectivity index (χ0) is 18.0. The van der Waals surface area contributed by atoms with Gasteiger partial charge >= 0.3 is 17.8 Å². The fourth-order valence-corrected chi connectivity index (χ4v) is 3.29. The van der Waals surface area contributed by atoms with E-state index in [0.717, 1.165) is 9.37 Å². The van der Waals surface area contributed by atoms with Crippen LogP contribution in [0.4, 0.5) is 4.79 Å². The molecule has 0 aliphatic carbocycles. The van der Waals surface area contributed by atoms with Gasteiger partial charge in [0.2, 0.25) is 5.88 Å². The molecular formula is C16H19BrN4O4. The van der Waals surface area contributed by atoms with Crippen LogP contribution in [0.3, 0.4) is 0 Å². The average molecular weight is 411 g/mol. The monoisotopic (exact) mass is 410 g/mol. The van der Waals surface area contributed by atoms with E-state index < -0.39 is 17.8 Å². The van der Waals surface area contributed by atoms with Crippen LogP contribution in [0.1, 0.15) is 13.3 Å². The minimum atomic E-state index is -0.755. The molecule has 134 valence electrons. The summed E-state index contributed by atoms with van der Waals surface area (Å²) in [4.78, 5) is 44.9. The number of halogens is 1. The van der Waals surface area contributed by atoms with E-state index >= 15 is 0 Å². The van der Waals surface area contributed by atoms with Crippen molar-refractivity contribution in [2.75, 3.05) is 32.7 Å². The van der Waals surface area contributed by atoms with Gasteiger partial charge in [-0.2, -0.15) is 0 Å². The van der Waals surface area contributed by atoms with Crippen molar-refractivity contribution in [3.05, 3.63) is 22.8 Å². The summed E-state index contributed by atoms with van der Waals surface area (Å²) in [6.07, 6.45) is 2.08. The van der Waals surface area contributed by atoms with Gasteiger partial charge < -0.3 is 14.5 Å². The third-order valence-corrected chi connectivity index (χ3v) is 4.94. The molecule has 4 amide bonds. The second-order valence-electron chi connectivity index (χ2n) is 5.89. The van der Waals surface area contributed by atoms with Crippen LogP contribution in [0.25, 0.3) is 0 Å². The van der Waals surface area contributed by atoms with E-state index in [1.807, 2.05) is 6.07 Å². The van der Waals surface area contributed by atoms with E-state index in [1.165, 1.54) is 4.90 Å². The molecule has 0 N–H and O–H groups in total. The van der Waals surface area contributed by atoms with Crippen LogP contribution in [0.2, 0.25) is 0 Å². The Morgan fingerprint density at radius 2 is 2.12 bits per heavy atom. The largest absolute Gasteiger partial charge is 0.472 e. The Morgan fingerprint density at radius 1 is 1.32 bits per heavy atom. The summed E-state index contributed by atoms with van der Waals surface area (Å²) in [7, 11) is 0. The van der Waals surface area contributed by atoms with E-state index in [2.05, 4.69) is 20.9 Å². The lowest BCUT2D eigenvalue weighted by Gasteiger charge is -2.33. The Hall–Kier alpha value is -2.16. The van der Waals surface area contributed by atoms with Gasteiger partial charge in [-0.25, -0.2) is 9.78 Å². The normalized spacial score (nSPS) is 21.0. The molecule has 1 aromatic heterocycles. The fraction of sp³-hybridized carbons (Fsp3) is 0.500. The second-order valence-corrected chi connectivity index (χ2v) is 6.74. The summed E-state index contributed by atoms with van der Waals surface area (Å²) in [5, 5.41) is 0. The van der Waals surface area contributed by atoms with Crippen LogP contribution in [-0.2, 0) is 9.59 Å². The van der Waals surface area contributed by atoms with Crippen molar-refractivity contribution in [2.45, 2.75) is 19.4 Å². The SMILES string of the molecule is CCN1CCN(C(=O)N2CC[C@H](Oc3ncccc3Br)C2)C(=O)C1=O. The molecule has 3 heterocycles. The lowest BCUT2D eigenvalue weighted by atomic mass is 10.3. The molecule has 1 aromatic rings. The van der Waals surface area contributed by atoms with Crippen molar-refractivity contribution < 1.29 is 19.1 Å². The highest BCUT2D eigenvalue weighted by molar-refractivity contribution is 9.10. The molecule has 1 atom stereocenters. The first-order valence-electron chi connectivity index (χ1n) is 8.18. The number of likely N-dealkylation sites (N-methyl/N-ethyl adjacent to an activating group) is 1. The molecule has 0 unspecified atom stereocenters. The third-order valence-electron chi connectivity index (χ3n) is 4.34. The maximum absolute atomic E-state index is 12.6. The number of piperazine rings is 1. The minimum absolute atomic E-state index is 0.196. The number of pyridine rings is 1. The smallest absolute Gasteiger partial charge is 0.327 e. The average Bonchev–Trinajstić information content (AvgIpc) is 3.07. The van der Waals surface area contributed by atoms with Gasteiger partial charge in [0.15, 0.2) is 0 Å². The van der Waals surface area contributed by atoms with E-state index in [1.54, 1.807) is 24.1 Å². The Bertz CT molecular complexity index is 698. The summed E-state index contributed by atoms with van der Waals surface area (Å²) >= 11 is 3.37. The van der Waals surface area contributed by atoms with Crippen molar-refractivity contribution >= 4 is 33.8 Å². The summed E-state index contributed by atoms with van der Waals surface area (Å²) in [5.41, 5.74) is 0. The molecule has 2 fully saturated rings. The molecule has 0 radical (unpaired) electrons. The number of carbonyl (C=O) groups excluding carboxylic acids is 3. The first kappa shape index (κ1) is 17.7. The number of hydrogen-bond acceptors (Lipinski definition) is 5. The van der Waals surface area contributed by atoms with Crippen molar-refractivity contribution in [1.82, 2.24) is 19.7 Å². The second kappa shape index (κ2) is 7.38. The number of imide groups is 1. The molecule has 9 heteroatoms. The maximum atomic E-state index is 12.6. The van der Waals surface area contributed by atoms with Crippen molar-refractivity contribution in [2.24, 2.45) is 0 Å². The topological polar surface area (TPSA) is 83.0 Å². The number of amides is 4. The Labute approximate surface area is 153 Å². The molecule has 2 aliphatic rings. The van der Waals surface area contributed by atoms with Gasteiger partial charge in [0.1, 0.15) is 6.10 Å². The summed E-state index contributed by atoms with van der Waals surface area (Å²) < 4.78 is 6.57. The van der Waals surface area contributed by atoms with E-state index in [-0.39, 0.29) is 12.6 Å². The Morgan fingerprint density at radius 3 is 2.84 bits per heavy atom. The van der Waals surface area contributed by atoms with Crippen molar-refractivity contribution in [3.63, 3.8) is 0 Å². The van der Waals surface area contributed by atoms with Crippen LogP contribution < -0.4 is 4.74 Å². The molecule has 0 saturated carbocycles. The number of nitrogens with zero attached hydrogens (tertiary/aromatic N) is 4. The van der Waals surface area contributed by atoms with Crippen LogP contribution in [0.5, 0.6) is 5.88 Å². The molecule has 2 aliphatic heterocycles. The van der Waals surface area contributed by atoms with E-state index in [0.29, 0.717) is 38.5 Å². The highest BCUT2D eigenvalue weighted by Gasteiger charge is 2.39. The van der Waals surface area contributed by atoms with Gasteiger partial charge in [-0.05, 0) is 35.0 Å². The lowest BCUT2D eigenvalue weighted by molar-refractivity contribution is -0.153. The summed E-state index contributed by atoms with van der Waals surface area (Å²) in [6.45, 7) is 3.71. The first-order chi connectivity index (χ1) is 12.0. The molecule has 3 rings (SSSR count). The highest BCUT2D eigenvalue weighted by atomic mass is 79.9. The summed E-state index contributed by atoms with van der Waals surface area (Å²) in [5.74, 6) is -0.897. The zero-order valence-electron chi connectivity index (χ0n) is 13.9. The first-order valence-corrected chi connectivity index (χ1v) is 8.97. The van der Waals surface area contributed by atoms with Gasteiger partial charge in [0, 0.05) is 38.8 Å². The fourth-order valence-electron chi connectivity index (χ4n) is 2.94. The van der Waals surface area contributed by atoms with Crippen LogP contribution in [0.15, 0.2) is 22.8 Å². The van der Waals surface area contributed by atoms with Gasteiger partial charge in [0.05, 0.1) is 11.0 Å². The highest BCUT2D eigenvalue weighted by Crippen LogP contribution is 2.25. The predicted octanol–water partition coefficient (Wildman–Crippen LogP) is 1.11. The van der Waals surface area contributed by atoms with Crippen LogP contribution >= 0.6 is 15.9 Å². The molecular weight excluding hydrogens is 392 g/mol. The Kier molecular flexibility index (Phi) is 5.22. The standard InChI is InChI=1S/C16H19BrN4O4/c1-2-19-8-9-21(15(23)14(19)22)16(24)20-7-5-11(10-20)25-13-12(17)4-3-6-18-13/h3-4,6,11H,2,5,7-10H2,1H3/t11-/m0/s1. The van der Waals surface area contributed by atoms with E-state index in [9.17, 15) is 14.4 Å². The number of carbonyl (C=O) groups is 3. The van der Waals surface area contributed by atoms with Crippen LogP contribution in [0, 0.1) is 0 Å². The number of urea groups is 1. The molecule has 0 bridgehead atoms. The molecule has 8 nitrogen and oxygen atoms in total. The number of hydrogen-bond donors (Lipinski definition) is 0. The van der Waals surface area contributed by atoms with Crippen LogP contribution in [-0.4, -0.2) is 76.4 Å². The number of aromatic nitrogens is 1. The zero-order valence-corrected chi connectivity index (χ0v) is 15.4. The van der Waals surface area contributed by atoms with Crippen molar-refractivity contribution in [1.29, 1.82) is 0 Å². The third kappa shape index (κ3) is 3.60. The quantitative estimate of drug-likeness (QED) is 0.696. The maximum Gasteiger partial charge on any atom is 0.327 e.